The average Bonchev–Trinajstić information content (AvgIpc) is 2.73. The van der Waals surface area contributed by atoms with Gasteiger partial charge in [0.25, 0.3) is 0 Å². The number of benzene rings is 2. The number of hydrogen-bond donors (Lipinski definition) is 0. The maximum Gasteiger partial charge on any atom is 0.228 e. The molecule has 2 atom stereocenters. The van der Waals surface area contributed by atoms with E-state index in [4.69, 9.17) is 4.74 Å². The summed E-state index contributed by atoms with van der Waals surface area (Å²) in [5.74, 6) is 0.700. The van der Waals surface area contributed by atoms with Crippen LogP contribution in [0.4, 0.5) is 0 Å². The monoisotopic (exact) mass is 380 g/mol. The second-order valence-electron chi connectivity index (χ2n) is 7.22. The van der Waals surface area contributed by atoms with Gasteiger partial charge in [0.05, 0.1) is 19.1 Å². The minimum atomic E-state index is -0.250. The van der Waals surface area contributed by atoms with Crippen LogP contribution in [-0.2, 0) is 16.1 Å². The van der Waals surface area contributed by atoms with E-state index in [-0.39, 0.29) is 23.8 Å². The Kier molecular flexibility index (Phi) is 6.34. The third-order valence-corrected chi connectivity index (χ3v) is 5.46. The van der Waals surface area contributed by atoms with Crippen LogP contribution in [0.2, 0.25) is 0 Å². The summed E-state index contributed by atoms with van der Waals surface area (Å²) in [4.78, 5) is 29.5. The Morgan fingerprint density at radius 3 is 2.43 bits per heavy atom. The van der Waals surface area contributed by atoms with Gasteiger partial charge in [-0.25, -0.2) is 0 Å². The fraction of sp³-hybridized carbons (Fsp3) is 0.391. The normalized spacial score (nSPS) is 19.4. The Labute approximate surface area is 166 Å². The van der Waals surface area contributed by atoms with Gasteiger partial charge in [-0.05, 0) is 36.6 Å². The molecule has 2 aromatic rings. The molecular formula is C23H28N2O3. The second kappa shape index (κ2) is 8.91. The van der Waals surface area contributed by atoms with Gasteiger partial charge in [0.15, 0.2) is 0 Å². The second-order valence-corrected chi connectivity index (χ2v) is 7.22. The Morgan fingerprint density at radius 1 is 1.14 bits per heavy atom. The highest BCUT2D eigenvalue weighted by molar-refractivity contribution is 5.85. The SMILES string of the molecule is CCN1C(=O)CC[C@@H](C(=O)N(C)Cc2ccccc2)[C@@H]1c1ccc(OC)cc1. The molecule has 2 amide bonds. The molecule has 0 radical (unpaired) electrons. The number of likely N-dealkylation sites (tertiary alicyclic amines) is 1. The third kappa shape index (κ3) is 4.19. The summed E-state index contributed by atoms with van der Waals surface area (Å²) in [6.07, 6.45) is 0.986. The molecule has 0 saturated carbocycles. The molecule has 0 spiro atoms. The lowest BCUT2D eigenvalue weighted by Gasteiger charge is -2.41. The molecule has 1 aliphatic rings. The molecule has 1 fully saturated rings. The largest absolute Gasteiger partial charge is 0.497 e. The van der Waals surface area contributed by atoms with E-state index in [0.29, 0.717) is 25.9 Å². The van der Waals surface area contributed by atoms with Crippen molar-refractivity contribution in [2.45, 2.75) is 32.4 Å². The Hall–Kier alpha value is -2.82. The predicted molar refractivity (Wildman–Crippen MR) is 109 cm³/mol. The number of methoxy groups -OCH3 is 1. The summed E-state index contributed by atoms with van der Waals surface area (Å²) < 4.78 is 5.25. The minimum Gasteiger partial charge on any atom is -0.497 e. The molecular weight excluding hydrogens is 352 g/mol. The summed E-state index contributed by atoms with van der Waals surface area (Å²) in [5.41, 5.74) is 2.07. The first-order valence-electron chi connectivity index (χ1n) is 9.77. The molecule has 148 valence electrons. The Balaban J connectivity index is 1.87. The summed E-state index contributed by atoms with van der Waals surface area (Å²) in [6, 6.07) is 17.4. The molecule has 1 saturated heterocycles. The van der Waals surface area contributed by atoms with Gasteiger partial charge >= 0.3 is 0 Å². The van der Waals surface area contributed by atoms with Gasteiger partial charge in [-0.15, -0.1) is 0 Å². The van der Waals surface area contributed by atoms with Crippen LogP contribution in [-0.4, -0.2) is 42.3 Å². The Bertz CT molecular complexity index is 804. The molecule has 1 aliphatic heterocycles. The van der Waals surface area contributed by atoms with Crippen molar-refractivity contribution in [3.8, 4) is 5.75 Å². The zero-order valence-corrected chi connectivity index (χ0v) is 16.8. The predicted octanol–water partition coefficient (Wildman–Crippen LogP) is 3.65. The molecule has 0 aliphatic carbocycles. The lowest BCUT2D eigenvalue weighted by atomic mass is 9.83. The molecule has 0 unspecified atom stereocenters. The minimum absolute atomic E-state index is 0.0793. The van der Waals surface area contributed by atoms with Crippen molar-refractivity contribution in [3.05, 3.63) is 65.7 Å². The smallest absolute Gasteiger partial charge is 0.228 e. The van der Waals surface area contributed by atoms with E-state index >= 15 is 0 Å². The Morgan fingerprint density at radius 2 is 1.82 bits per heavy atom. The van der Waals surface area contributed by atoms with Crippen molar-refractivity contribution in [2.24, 2.45) is 5.92 Å². The van der Waals surface area contributed by atoms with Crippen LogP contribution in [0.3, 0.4) is 0 Å². The van der Waals surface area contributed by atoms with Gasteiger partial charge in [0.1, 0.15) is 5.75 Å². The summed E-state index contributed by atoms with van der Waals surface area (Å²) in [5, 5.41) is 0. The first-order valence-corrected chi connectivity index (χ1v) is 9.77. The molecule has 3 rings (SSSR count). The van der Waals surface area contributed by atoms with Gasteiger partial charge < -0.3 is 14.5 Å². The molecule has 0 aromatic heterocycles. The molecule has 0 bridgehead atoms. The average molecular weight is 380 g/mol. The maximum absolute atomic E-state index is 13.3. The fourth-order valence-electron chi connectivity index (χ4n) is 4.02. The zero-order chi connectivity index (χ0) is 20.1. The highest BCUT2D eigenvalue weighted by Crippen LogP contribution is 2.38. The van der Waals surface area contributed by atoms with Crippen LogP contribution in [0.5, 0.6) is 5.75 Å². The van der Waals surface area contributed by atoms with Crippen LogP contribution < -0.4 is 4.74 Å². The van der Waals surface area contributed by atoms with E-state index in [0.717, 1.165) is 16.9 Å². The van der Waals surface area contributed by atoms with Crippen molar-refractivity contribution in [1.82, 2.24) is 9.80 Å². The van der Waals surface area contributed by atoms with E-state index in [2.05, 4.69) is 0 Å². The van der Waals surface area contributed by atoms with Crippen LogP contribution in [0, 0.1) is 5.92 Å². The van der Waals surface area contributed by atoms with E-state index in [1.807, 2.05) is 73.5 Å². The van der Waals surface area contributed by atoms with Crippen molar-refractivity contribution < 1.29 is 14.3 Å². The number of rotatable bonds is 6. The first kappa shape index (κ1) is 19.9. The maximum atomic E-state index is 13.3. The quantitative estimate of drug-likeness (QED) is 0.769. The highest BCUT2D eigenvalue weighted by atomic mass is 16.5. The number of nitrogens with zero attached hydrogens (tertiary/aromatic N) is 2. The lowest BCUT2D eigenvalue weighted by Crippen LogP contribution is -2.48. The van der Waals surface area contributed by atoms with Crippen molar-refractivity contribution in [2.75, 3.05) is 20.7 Å². The topological polar surface area (TPSA) is 49.9 Å². The van der Waals surface area contributed by atoms with Crippen LogP contribution >= 0.6 is 0 Å². The standard InChI is InChI=1S/C23H28N2O3/c1-4-25-21(26)15-14-20(22(25)18-10-12-19(28-3)13-11-18)23(27)24(2)16-17-8-6-5-7-9-17/h5-13,20,22H,4,14-16H2,1-3H3/t20-,22+/m1/s1. The number of carbonyl (C=O) groups is 2. The van der Waals surface area contributed by atoms with Gasteiger partial charge in [0.2, 0.25) is 11.8 Å². The van der Waals surface area contributed by atoms with Crippen LogP contribution in [0.1, 0.15) is 36.9 Å². The van der Waals surface area contributed by atoms with Crippen LogP contribution in [0.25, 0.3) is 0 Å². The van der Waals surface area contributed by atoms with Crippen molar-refractivity contribution >= 4 is 11.8 Å². The van der Waals surface area contributed by atoms with Crippen LogP contribution in [0.15, 0.2) is 54.6 Å². The van der Waals surface area contributed by atoms with E-state index < -0.39 is 0 Å². The lowest BCUT2D eigenvalue weighted by molar-refractivity contribution is -0.147. The van der Waals surface area contributed by atoms with Gasteiger partial charge in [-0.2, -0.15) is 0 Å². The number of ether oxygens (including phenoxy) is 1. The van der Waals surface area contributed by atoms with Gasteiger partial charge in [-0.3, -0.25) is 9.59 Å². The van der Waals surface area contributed by atoms with Gasteiger partial charge in [-0.1, -0.05) is 42.5 Å². The molecule has 5 nitrogen and oxygen atoms in total. The molecule has 5 heteroatoms. The van der Waals surface area contributed by atoms with E-state index in [1.54, 1.807) is 12.0 Å². The fourth-order valence-corrected chi connectivity index (χ4v) is 4.02. The van der Waals surface area contributed by atoms with Crippen molar-refractivity contribution in [3.63, 3.8) is 0 Å². The summed E-state index contributed by atoms with van der Waals surface area (Å²) in [7, 11) is 3.47. The molecule has 2 aromatic carbocycles. The third-order valence-electron chi connectivity index (χ3n) is 5.46. The number of hydrogen-bond acceptors (Lipinski definition) is 3. The number of amides is 2. The summed E-state index contributed by atoms with van der Waals surface area (Å²) >= 11 is 0. The van der Waals surface area contributed by atoms with Crippen molar-refractivity contribution in [1.29, 1.82) is 0 Å². The van der Waals surface area contributed by atoms with E-state index in [9.17, 15) is 9.59 Å². The summed E-state index contributed by atoms with van der Waals surface area (Å²) in [6.45, 7) is 3.11. The molecule has 1 heterocycles. The number of piperidine rings is 1. The molecule has 28 heavy (non-hydrogen) atoms. The van der Waals surface area contributed by atoms with E-state index in [1.165, 1.54) is 0 Å². The first-order chi connectivity index (χ1) is 13.5. The zero-order valence-electron chi connectivity index (χ0n) is 16.8. The highest BCUT2D eigenvalue weighted by Gasteiger charge is 2.40. The number of carbonyl (C=O) groups excluding carboxylic acids is 2. The molecule has 0 N–H and O–H groups in total. The van der Waals surface area contributed by atoms with Gasteiger partial charge in [0, 0.05) is 26.6 Å².